The number of nitrogens with zero attached hydrogens (tertiary/aromatic N) is 1. The van der Waals surface area contributed by atoms with Crippen molar-refractivity contribution in [2.75, 3.05) is 6.61 Å². The van der Waals surface area contributed by atoms with Gasteiger partial charge in [0.05, 0.1) is 21.7 Å². The van der Waals surface area contributed by atoms with Crippen molar-refractivity contribution in [2.45, 2.75) is 12.6 Å². The second kappa shape index (κ2) is 6.44. The summed E-state index contributed by atoms with van der Waals surface area (Å²) in [6.07, 6.45) is 1.83. The summed E-state index contributed by atoms with van der Waals surface area (Å²) in [5.41, 5.74) is 1.21. The van der Waals surface area contributed by atoms with E-state index in [4.69, 9.17) is 0 Å². The van der Waals surface area contributed by atoms with E-state index in [2.05, 4.69) is 45.0 Å². The highest BCUT2D eigenvalue weighted by Crippen LogP contribution is 2.21. The van der Waals surface area contributed by atoms with Gasteiger partial charge >= 0.3 is 0 Å². The van der Waals surface area contributed by atoms with Crippen molar-refractivity contribution < 1.29 is 5.11 Å². The summed E-state index contributed by atoms with van der Waals surface area (Å²) in [5, 5.41) is 13.6. The molecule has 2 N–H and O–H groups in total. The van der Waals surface area contributed by atoms with Gasteiger partial charge < -0.3 is 10.4 Å². The minimum Gasteiger partial charge on any atom is -0.394 e. The normalized spacial score (nSPS) is 12.6. The SMILES string of the molecule is OCC(NCc1ccccc1)c1ncc(I)s1. The summed E-state index contributed by atoms with van der Waals surface area (Å²) in [7, 11) is 0. The number of thiazole rings is 1. The average Bonchev–Trinajstić information content (AvgIpc) is 2.78. The number of aromatic nitrogens is 1. The Kier molecular flexibility index (Phi) is 4.90. The van der Waals surface area contributed by atoms with E-state index in [1.54, 1.807) is 11.3 Å². The summed E-state index contributed by atoms with van der Waals surface area (Å²) >= 11 is 3.85. The molecule has 0 saturated carbocycles. The van der Waals surface area contributed by atoms with Gasteiger partial charge in [-0.1, -0.05) is 30.3 Å². The first kappa shape index (κ1) is 12.9. The fraction of sp³-hybridized carbons (Fsp3) is 0.250. The summed E-state index contributed by atoms with van der Waals surface area (Å²) < 4.78 is 1.14. The van der Waals surface area contributed by atoms with Crippen LogP contribution in [0.15, 0.2) is 36.5 Å². The summed E-state index contributed by atoms with van der Waals surface area (Å²) in [4.78, 5) is 4.29. The van der Waals surface area contributed by atoms with Crippen LogP contribution in [0.5, 0.6) is 0 Å². The van der Waals surface area contributed by atoms with Gasteiger partial charge in [-0.2, -0.15) is 0 Å². The predicted molar refractivity (Wildman–Crippen MR) is 77.9 cm³/mol. The van der Waals surface area contributed by atoms with Gasteiger partial charge in [0.15, 0.2) is 0 Å². The lowest BCUT2D eigenvalue weighted by atomic mass is 10.2. The van der Waals surface area contributed by atoms with Crippen molar-refractivity contribution in [3.8, 4) is 0 Å². The lowest BCUT2D eigenvalue weighted by Crippen LogP contribution is -2.23. The van der Waals surface area contributed by atoms with E-state index in [-0.39, 0.29) is 12.6 Å². The zero-order valence-electron chi connectivity index (χ0n) is 9.14. The standard InChI is InChI=1S/C12H13IN2OS/c13-11-7-15-12(17-11)10(8-16)14-6-9-4-2-1-3-5-9/h1-5,7,10,14,16H,6,8H2. The van der Waals surface area contributed by atoms with Crippen LogP contribution < -0.4 is 5.32 Å². The van der Waals surface area contributed by atoms with Crippen LogP contribution in [0, 0.1) is 2.88 Å². The highest BCUT2D eigenvalue weighted by Gasteiger charge is 2.13. The van der Waals surface area contributed by atoms with Gasteiger partial charge in [0, 0.05) is 6.54 Å². The van der Waals surface area contributed by atoms with E-state index in [0.29, 0.717) is 0 Å². The lowest BCUT2D eigenvalue weighted by molar-refractivity contribution is 0.243. The zero-order valence-corrected chi connectivity index (χ0v) is 12.1. The molecule has 0 spiro atoms. The van der Waals surface area contributed by atoms with E-state index in [0.717, 1.165) is 14.4 Å². The number of hydrogen-bond donors (Lipinski definition) is 2. The fourth-order valence-corrected chi connectivity index (χ4v) is 3.02. The molecule has 0 aliphatic carbocycles. The van der Waals surface area contributed by atoms with Crippen LogP contribution in [0.25, 0.3) is 0 Å². The maximum Gasteiger partial charge on any atom is 0.113 e. The first-order chi connectivity index (χ1) is 8.29. The molecule has 1 unspecified atom stereocenters. The van der Waals surface area contributed by atoms with Gasteiger partial charge in [0.1, 0.15) is 5.01 Å². The molecule has 17 heavy (non-hydrogen) atoms. The molecule has 3 nitrogen and oxygen atoms in total. The number of aliphatic hydroxyl groups excluding tert-OH is 1. The Morgan fingerprint density at radius 3 is 2.71 bits per heavy atom. The van der Waals surface area contributed by atoms with Crippen LogP contribution in [-0.2, 0) is 6.54 Å². The summed E-state index contributed by atoms with van der Waals surface area (Å²) in [6.45, 7) is 0.804. The molecule has 1 aromatic heterocycles. The van der Waals surface area contributed by atoms with Gasteiger partial charge in [-0.3, -0.25) is 0 Å². The Bertz CT molecular complexity index is 461. The minimum atomic E-state index is -0.0799. The molecule has 1 atom stereocenters. The Morgan fingerprint density at radius 2 is 2.12 bits per heavy atom. The van der Waals surface area contributed by atoms with Crippen molar-refractivity contribution >= 4 is 33.9 Å². The third-order valence-electron chi connectivity index (χ3n) is 2.37. The van der Waals surface area contributed by atoms with E-state index in [1.807, 2.05) is 24.4 Å². The number of nitrogens with one attached hydrogen (secondary N) is 1. The van der Waals surface area contributed by atoms with Gasteiger partial charge in [-0.15, -0.1) is 11.3 Å². The number of rotatable bonds is 5. The third kappa shape index (κ3) is 3.74. The van der Waals surface area contributed by atoms with Crippen molar-refractivity contribution in [3.63, 3.8) is 0 Å². The topological polar surface area (TPSA) is 45.1 Å². The molecule has 90 valence electrons. The molecule has 0 aliphatic heterocycles. The zero-order chi connectivity index (χ0) is 12.1. The van der Waals surface area contributed by atoms with E-state index < -0.39 is 0 Å². The lowest BCUT2D eigenvalue weighted by Gasteiger charge is -2.13. The van der Waals surface area contributed by atoms with E-state index in [9.17, 15) is 5.11 Å². The molecule has 5 heteroatoms. The van der Waals surface area contributed by atoms with Crippen molar-refractivity contribution in [1.29, 1.82) is 0 Å². The molecule has 1 aromatic carbocycles. The van der Waals surface area contributed by atoms with Crippen molar-refractivity contribution in [2.24, 2.45) is 0 Å². The molecule has 0 aliphatic rings. The second-order valence-corrected chi connectivity index (χ2v) is 6.56. The quantitative estimate of drug-likeness (QED) is 0.806. The maximum absolute atomic E-state index is 9.37. The monoisotopic (exact) mass is 360 g/mol. The van der Waals surface area contributed by atoms with E-state index in [1.165, 1.54) is 5.56 Å². The molecular formula is C12H13IN2OS. The van der Waals surface area contributed by atoms with Crippen LogP contribution in [-0.4, -0.2) is 16.7 Å². The molecule has 2 rings (SSSR count). The number of halogens is 1. The number of aliphatic hydroxyl groups is 1. The molecule has 1 heterocycles. The first-order valence-corrected chi connectivity index (χ1v) is 7.18. The molecule has 0 amide bonds. The smallest absolute Gasteiger partial charge is 0.113 e. The van der Waals surface area contributed by atoms with Crippen molar-refractivity contribution in [1.82, 2.24) is 10.3 Å². The van der Waals surface area contributed by atoms with Gasteiger partial charge in [-0.25, -0.2) is 4.98 Å². The summed E-state index contributed by atoms with van der Waals surface area (Å²) in [6, 6.07) is 10.1. The van der Waals surface area contributed by atoms with Gasteiger partial charge in [0.2, 0.25) is 0 Å². The Morgan fingerprint density at radius 1 is 1.35 bits per heavy atom. The van der Waals surface area contributed by atoms with Crippen LogP contribution in [0.3, 0.4) is 0 Å². The van der Waals surface area contributed by atoms with Gasteiger partial charge in [0.25, 0.3) is 0 Å². The maximum atomic E-state index is 9.37. The highest BCUT2D eigenvalue weighted by molar-refractivity contribution is 14.1. The van der Waals surface area contributed by atoms with Crippen LogP contribution >= 0.6 is 33.9 Å². The highest BCUT2D eigenvalue weighted by atomic mass is 127. The number of hydrogen-bond acceptors (Lipinski definition) is 4. The molecule has 0 radical (unpaired) electrons. The largest absolute Gasteiger partial charge is 0.394 e. The van der Waals surface area contributed by atoms with Crippen LogP contribution in [0.1, 0.15) is 16.6 Å². The molecular weight excluding hydrogens is 347 g/mol. The fourth-order valence-electron chi connectivity index (χ4n) is 1.49. The van der Waals surface area contributed by atoms with Crippen LogP contribution in [0.2, 0.25) is 0 Å². The Hall–Kier alpha value is -0.500. The number of benzene rings is 1. The molecule has 2 aromatic rings. The van der Waals surface area contributed by atoms with E-state index >= 15 is 0 Å². The minimum absolute atomic E-state index is 0.0659. The predicted octanol–water partition coefficient (Wildman–Crippen LogP) is 2.57. The molecule has 0 saturated heterocycles. The molecule has 0 fully saturated rings. The van der Waals surface area contributed by atoms with Crippen LogP contribution in [0.4, 0.5) is 0 Å². The van der Waals surface area contributed by atoms with Gasteiger partial charge in [-0.05, 0) is 28.2 Å². The third-order valence-corrected chi connectivity index (χ3v) is 4.21. The first-order valence-electron chi connectivity index (χ1n) is 5.29. The summed E-state index contributed by atoms with van der Waals surface area (Å²) in [5.74, 6) is 0. The Labute approximate surface area is 118 Å². The second-order valence-electron chi connectivity index (χ2n) is 3.60. The average molecular weight is 360 g/mol. The van der Waals surface area contributed by atoms with Crippen molar-refractivity contribution in [3.05, 3.63) is 50.0 Å². The molecule has 0 bridgehead atoms. The Balaban J connectivity index is 1.97.